The smallest absolute Gasteiger partial charge is 0.238 e. The highest BCUT2D eigenvalue weighted by Crippen LogP contribution is 2.33. The molecule has 1 heterocycles. The fourth-order valence-electron chi connectivity index (χ4n) is 3.77. The standard InChI is InChI=1S/C22H31N3O/c1-3-5-14-25(15-6-4-2)16-21(26)24-22-17-10-7-8-12-19(17)23-20-13-9-11-18(20)22/h7-8,10,12H,3-6,9,11,13-16H2,1-2H3,(H,23,24,26). The summed E-state index contributed by atoms with van der Waals surface area (Å²) in [7, 11) is 0. The highest BCUT2D eigenvalue weighted by molar-refractivity contribution is 6.03. The van der Waals surface area contributed by atoms with Crippen LogP contribution in [0.25, 0.3) is 10.9 Å². The number of fused-ring (bicyclic) bond motifs is 2. The number of carbonyl (C=O) groups is 1. The molecule has 0 saturated carbocycles. The molecule has 4 heteroatoms. The zero-order chi connectivity index (χ0) is 18.4. The van der Waals surface area contributed by atoms with Gasteiger partial charge in [0.2, 0.25) is 5.91 Å². The van der Waals surface area contributed by atoms with Gasteiger partial charge in [0.05, 0.1) is 17.7 Å². The molecule has 1 amide bonds. The van der Waals surface area contributed by atoms with E-state index in [2.05, 4.69) is 30.1 Å². The topological polar surface area (TPSA) is 45.2 Å². The van der Waals surface area contributed by atoms with Crippen LogP contribution in [0.4, 0.5) is 5.69 Å². The predicted octanol–water partition coefficient (Wildman–Crippen LogP) is 4.56. The Hall–Kier alpha value is -1.94. The average Bonchev–Trinajstić information content (AvgIpc) is 3.12. The number of hydrogen-bond acceptors (Lipinski definition) is 3. The van der Waals surface area contributed by atoms with Gasteiger partial charge in [0.1, 0.15) is 0 Å². The molecule has 1 aromatic carbocycles. The molecular formula is C22H31N3O. The van der Waals surface area contributed by atoms with E-state index in [1.807, 2.05) is 18.2 Å². The van der Waals surface area contributed by atoms with Crippen molar-refractivity contribution >= 4 is 22.5 Å². The van der Waals surface area contributed by atoms with E-state index in [1.54, 1.807) is 0 Å². The van der Waals surface area contributed by atoms with Gasteiger partial charge in [0.25, 0.3) is 0 Å². The minimum absolute atomic E-state index is 0.0997. The quantitative estimate of drug-likeness (QED) is 0.718. The molecular weight excluding hydrogens is 322 g/mol. The number of nitrogens with zero attached hydrogens (tertiary/aromatic N) is 2. The Bertz CT molecular complexity index is 748. The van der Waals surface area contributed by atoms with Crippen LogP contribution in [0.3, 0.4) is 0 Å². The van der Waals surface area contributed by atoms with E-state index < -0.39 is 0 Å². The summed E-state index contributed by atoms with van der Waals surface area (Å²) in [6, 6.07) is 8.15. The number of unbranched alkanes of at least 4 members (excludes halogenated alkanes) is 2. The van der Waals surface area contributed by atoms with E-state index in [9.17, 15) is 4.79 Å². The van der Waals surface area contributed by atoms with Crippen molar-refractivity contribution in [2.45, 2.75) is 58.8 Å². The Kier molecular flexibility index (Phi) is 6.62. The minimum Gasteiger partial charge on any atom is -0.324 e. The van der Waals surface area contributed by atoms with Crippen molar-refractivity contribution in [3.8, 4) is 0 Å². The third-order valence-electron chi connectivity index (χ3n) is 5.21. The summed E-state index contributed by atoms with van der Waals surface area (Å²) < 4.78 is 0. The molecule has 1 N–H and O–H groups in total. The maximum Gasteiger partial charge on any atom is 0.238 e. The average molecular weight is 354 g/mol. The number of aryl methyl sites for hydroxylation is 1. The van der Waals surface area contributed by atoms with E-state index in [4.69, 9.17) is 4.98 Å². The van der Waals surface area contributed by atoms with Crippen LogP contribution < -0.4 is 5.32 Å². The van der Waals surface area contributed by atoms with E-state index in [1.165, 1.54) is 5.56 Å². The summed E-state index contributed by atoms with van der Waals surface area (Å²) in [4.78, 5) is 19.9. The van der Waals surface area contributed by atoms with Crippen molar-refractivity contribution in [1.29, 1.82) is 0 Å². The number of anilines is 1. The van der Waals surface area contributed by atoms with Crippen molar-refractivity contribution in [2.24, 2.45) is 0 Å². The van der Waals surface area contributed by atoms with Crippen LogP contribution in [0.5, 0.6) is 0 Å². The number of carbonyl (C=O) groups excluding carboxylic acids is 1. The second kappa shape index (κ2) is 9.13. The highest BCUT2D eigenvalue weighted by Gasteiger charge is 2.21. The summed E-state index contributed by atoms with van der Waals surface area (Å²) in [5.41, 5.74) is 4.38. The van der Waals surface area contributed by atoms with Gasteiger partial charge < -0.3 is 5.32 Å². The number of rotatable bonds is 9. The van der Waals surface area contributed by atoms with Gasteiger partial charge in [-0.15, -0.1) is 0 Å². The van der Waals surface area contributed by atoms with Crippen LogP contribution in [0.1, 0.15) is 57.2 Å². The lowest BCUT2D eigenvalue weighted by Gasteiger charge is -2.22. The zero-order valence-corrected chi connectivity index (χ0v) is 16.2. The number of aromatic nitrogens is 1. The molecule has 140 valence electrons. The van der Waals surface area contributed by atoms with Crippen molar-refractivity contribution in [1.82, 2.24) is 9.88 Å². The molecule has 1 aliphatic rings. The van der Waals surface area contributed by atoms with Gasteiger partial charge >= 0.3 is 0 Å². The molecule has 0 unspecified atom stereocenters. The van der Waals surface area contributed by atoms with Crippen LogP contribution in [0.15, 0.2) is 24.3 Å². The van der Waals surface area contributed by atoms with Gasteiger partial charge in [-0.3, -0.25) is 14.7 Å². The number of para-hydroxylation sites is 1. The molecule has 0 bridgehead atoms. The summed E-state index contributed by atoms with van der Waals surface area (Å²) in [6.45, 7) is 6.87. The fraction of sp³-hybridized carbons (Fsp3) is 0.545. The third kappa shape index (κ3) is 4.42. The fourth-order valence-corrected chi connectivity index (χ4v) is 3.77. The normalized spacial score (nSPS) is 13.3. The number of pyridine rings is 1. The largest absolute Gasteiger partial charge is 0.324 e. The van der Waals surface area contributed by atoms with Crippen molar-refractivity contribution in [3.63, 3.8) is 0 Å². The lowest BCUT2D eigenvalue weighted by molar-refractivity contribution is -0.117. The molecule has 4 nitrogen and oxygen atoms in total. The zero-order valence-electron chi connectivity index (χ0n) is 16.2. The molecule has 0 radical (unpaired) electrons. The lowest BCUT2D eigenvalue weighted by atomic mass is 10.1. The molecule has 0 saturated heterocycles. The third-order valence-corrected chi connectivity index (χ3v) is 5.21. The first-order valence-electron chi connectivity index (χ1n) is 10.2. The summed E-state index contributed by atoms with van der Waals surface area (Å²) >= 11 is 0. The first kappa shape index (κ1) is 18.8. The first-order chi connectivity index (χ1) is 12.7. The molecule has 3 rings (SSSR count). The number of hydrogen-bond donors (Lipinski definition) is 1. The van der Waals surface area contributed by atoms with Crippen LogP contribution in [-0.4, -0.2) is 35.4 Å². The van der Waals surface area contributed by atoms with Gasteiger partial charge in [0.15, 0.2) is 0 Å². The molecule has 1 aromatic heterocycles. The second-order valence-corrected chi connectivity index (χ2v) is 7.31. The Morgan fingerprint density at radius 3 is 2.58 bits per heavy atom. The summed E-state index contributed by atoms with van der Waals surface area (Å²) in [6.07, 6.45) is 7.76. The molecule has 26 heavy (non-hydrogen) atoms. The molecule has 0 fully saturated rings. The van der Waals surface area contributed by atoms with Crippen molar-refractivity contribution < 1.29 is 4.79 Å². The minimum atomic E-state index is 0.0997. The van der Waals surface area contributed by atoms with Gasteiger partial charge in [0, 0.05) is 11.1 Å². The SMILES string of the molecule is CCCCN(CCCC)CC(=O)Nc1c2c(nc3ccccc13)CCC2. The molecule has 0 spiro atoms. The predicted molar refractivity (Wildman–Crippen MR) is 109 cm³/mol. The van der Waals surface area contributed by atoms with Gasteiger partial charge in [-0.2, -0.15) is 0 Å². The molecule has 0 aliphatic heterocycles. The number of nitrogens with one attached hydrogen (secondary N) is 1. The lowest BCUT2D eigenvalue weighted by Crippen LogP contribution is -2.35. The highest BCUT2D eigenvalue weighted by atomic mass is 16.2. The summed E-state index contributed by atoms with van der Waals surface area (Å²) in [5, 5.41) is 4.31. The number of amides is 1. The van der Waals surface area contributed by atoms with E-state index >= 15 is 0 Å². The van der Waals surface area contributed by atoms with E-state index in [0.717, 1.165) is 80.3 Å². The monoisotopic (exact) mass is 353 g/mol. The van der Waals surface area contributed by atoms with E-state index in [-0.39, 0.29) is 5.91 Å². The second-order valence-electron chi connectivity index (χ2n) is 7.31. The van der Waals surface area contributed by atoms with Gasteiger partial charge in [-0.1, -0.05) is 44.9 Å². The summed E-state index contributed by atoms with van der Waals surface area (Å²) in [5.74, 6) is 0.0997. The van der Waals surface area contributed by atoms with E-state index in [0.29, 0.717) is 6.54 Å². The Morgan fingerprint density at radius 1 is 1.12 bits per heavy atom. The molecule has 1 aliphatic carbocycles. The van der Waals surface area contributed by atoms with Crippen molar-refractivity contribution in [2.75, 3.05) is 25.0 Å². The number of benzene rings is 1. The molecule has 0 atom stereocenters. The maximum atomic E-state index is 12.8. The molecule has 2 aromatic rings. The van der Waals surface area contributed by atoms with Crippen LogP contribution in [0, 0.1) is 0 Å². The Morgan fingerprint density at radius 2 is 1.85 bits per heavy atom. The Labute approximate surface area is 157 Å². The van der Waals surface area contributed by atoms with Gasteiger partial charge in [-0.25, -0.2) is 0 Å². The van der Waals surface area contributed by atoms with Gasteiger partial charge in [-0.05, 0) is 56.8 Å². The Balaban J connectivity index is 1.78. The van der Waals surface area contributed by atoms with Crippen molar-refractivity contribution in [3.05, 3.63) is 35.5 Å². The van der Waals surface area contributed by atoms with Crippen LogP contribution in [-0.2, 0) is 17.6 Å². The van der Waals surface area contributed by atoms with Crippen LogP contribution >= 0.6 is 0 Å². The maximum absolute atomic E-state index is 12.8. The van der Waals surface area contributed by atoms with Crippen LogP contribution in [0.2, 0.25) is 0 Å². The first-order valence-corrected chi connectivity index (χ1v) is 10.2.